The molecule has 72 valence electrons. The predicted octanol–water partition coefficient (Wildman–Crippen LogP) is 2.13. The Kier molecular flexibility index (Phi) is 4.21. The van der Waals surface area contributed by atoms with Gasteiger partial charge < -0.3 is 10.4 Å². The van der Waals surface area contributed by atoms with E-state index < -0.39 is 0 Å². The highest BCUT2D eigenvalue weighted by Gasteiger charge is 2.03. The maximum absolute atomic E-state index is 8.80. The summed E-state index contributed by atoms with van der Waals surface area (Å²) in [7, 11) is 0. The molecule has 0 amide bonds. The Morgan fingerprint density at radius 1 is 1.77 bits per heavy atom. The van der Waals surface area contributed by atoms with Crippen molar-refractivity contribution >= 4 is 40.0 Å². The van der Waals surface area contributed by atoms with Gasteiger partial charge in [0, 0.05) is 15.8 Å². The van der Waals surface area contributed by atoms with E-state index in [1.54, 1.807) is 6.20 Å². The summed E-state index contributed by atoms with van der Waals surface area (Å²) in [6.07, 6.45) is 1.59. The largest absolute Gasteiger partial charge is 0.394 e. The molecule has 0 bridgehead atoms. The Bertz CT molecular complexity index is 295. The average molecular weight is 313 g/mol. The lowest BCUT2D eigenvalue weighted by Crippen LogP contribution is -2.19. The molecule has 1 heterocycles. The summed E-state index contributed by atoms with van der Waals surface area (Å²) in [5, 5.41) is 12.5. The van der Waals surface area contributed by atoms with Gasteiger partial charge in [-0.2, -0.15) is 0 Å². The minimum Gasteiger partial charge on any atom is -0.394 e. The van der Waals surface area contributed by atoms with Gasteiger partial charge in [-0.25, -0.2) is 4.98 Å². The van der Waals surface area contributed by atoms with Crippen LogP contribution in [0.25, 0.3) is 0 Å². The molecule has 1 atom stereocenters. The molecule has 1 aromatic rings. The van der Waals surface area contributed by atoms with E-state index >= 15 is 0 Å². The molecule has 0 aliphatic heterocycles. The molecule has 1 unspecified atom stereocenters. The maximum atomic E-state index is 8.80. The van der Waals surface area contributed by atoms with Crippen LogP contribution in [-0.2, 0) is 0 Å². The van der Waals surface area contributed by atoms with Gasteiger partial charge in [0.2, 0.25) is 0 Å². The van der Waals surface area contributed by atoms with E-state index in [0.29, 0.717) is 5.02 Å². The number of aliphatic hydroxyl groups excluding tert-OH is 1. The summed E-state index contributed by atoms with van der Waals surface area (Å²) in [6, 6.07) is 1.85. The van der Waals surface area contributed by atoms with Gasteiger partial charge in [0.15, 0.2) is 0 Å². The molecule has 0 aromatic carbocycles. The Hall–Kier alpha value is -0.0700. The van der Waals surface area contributed by atoms with Gasteiger partial charge in [-0.1, -0.05) is 11.6 Å². The summed E-state index contributed by atoms with van der Waals surface area (Å²) in [5.74, 6) is 0.732. The van der Waals surface area contributed by atoms with Crippen molar-refractivity contribution in [3.63, 3.8) is 0 Å². The Balaban J connectivity index is 2.73. The maximum Gasteiger partial charge on any atom is 0.127 e. The van der Waals surface area contributed by atoms with E-state index in [-0.39, 0.29) is 12.6 Å². The highest BCUT2D eigenvalue weighted by atomic mass is 127. The summed E-state index contributed by atoms with van der Waals surface area (Å²) in [4.78, 5) is 4.07. The number of hydrogen-bond acceptors (Lipinski definition) is 3. The van der Waals surface area contributed by atoms with Gasteiger partial charge >= 0.3 is 0 Å². The van der Waals surface area contributed by atoms with Crippen molar-refractivity contribution in [3.05, 3.63) is 20.9 Å². The van der Waals surface area contributed by atoms with E-state index in [0.717, 1.165) is 9.39 Å². The first-order valence-electron chi connectivity index (χ1n) is 3.82. The molecular weight excluding hydrogens is 302 g/mol. The van der Waals surface area contributed by atoms with Crippen LogP contribution >= 0.6 is 34.2 Å². The molecule has 3 nitrogen and oxygen atoms in total. The van der Waals surface area contributed by atoms with Gasteiger partial charge in [0.05, 0.1) is 11.6 Å². The fraction of sp³-hybridized carbons (Fsp3) is 0.375. The Labute approximate surface area is 95.7 Å². The van der Waals surface area contributed by atoms with Crippen molar-refractivity contribution in [2.24, 2.45) is 0 Å². The lowest BCUT2D eigenvalue weighted by molar-refractivity contribution is 0.281. The van der Waals surface area contributed by atoms with Crippen LogP contribution in [0.2, 0.25) is 5.02 Å². The molecule has 5 heteroatoms. The molecule has 0 radical (unpaired) electrons. The van der Waals surface area contributed by atoms with Crippen molar-refractivity contribution < 1.29 is 5.11 Å². The smallest absolute Gasteiger partial charge is 0.127 e. The first-order valence-corrected chi connectivity index (χ1v) is 5.27. The van der Waals surface area contributed by atoms with Crippen molar-refractivity contribution in [2.75, 3.05) is 11.9 Å². The van der Waals surface area contributed by atoms with E-state index in [4.69, 9.17) is 16.7 Å². The number of hydrogen-bond donors (Lipinski definition) is 2. The SMILES string of the molecule is CC(CO)Nc1cc(I)c(Cl)cn1. The second-order valence-electron chi connectivity index (χ2n) is 2.71. The summed E-state index contributed by atoms with van der Waals surface area (Å²) in [5.41, 5.74) is 0. The van der Waals surface area contributed by atoms with Crippen LogP contribution in [0.4, 0.5) is 5.82 Å². The van der Waals surface area contributed by atoms with E-state index in [9.17, 15) is 0 Å². The van der Waals surface area contributed by atoms with Gasteiger partial charge in [-0.05, 0) is 35.6 Å². The van der Waals surface area contributed by atoms with E-state index in [1.165, 1.54) is 0 Å². The van der Waals surface area contributed by atoms with Crippen LogP contribution in [0, 0.1) is 3.57 Å². The quantitative estimate of drug-likeness (QED) is 0.841. The fourth-order valence-corrected chi connectivity index (χ4v) is 1.33. The fourth-order valence-electron chi connectivity index (χ4n) is 0.791. The first kappa shape index (κ1) is 11.0. The average Bonchev–Trinajstić information content (AvgIpc) is 2.11. The molecule has 0 saturated carbocycles. The highest BCUT2D eigenvalue weighted by Crippen LogP contribution is 2.19. The van der Waals surface area contributed by atoms with E-state index in [1.807, 2.05) is 13.0 Å². The number of nitrogens with zero attached hydrogens (tertiary/aromatic N) is 1. The van der Waals surface area contributed by atoms with Gasteiger partial charge in [0.1, 0.15) is 5.82 Å². The second-order valence-corrected chi connectivity index (χ2v) is 4.28. The number of anilines is 1. The van der Waals surface area contributed by atoms with Crippen LogP contribution in [0.3, 0.4) is 0 Å². The van der Waals surface area contributed by atoms with Gasteiger partial charge in [-0.3, -0.25) is 0 Å². The Morgan fingerprint density at radius 2 is 2.46 bits per heavy atom. The number of nitrogens with one attached hydrogen (secondary N) is 1. The molecule has 13 heavy (non-hydrogen) atoms. The second kappa shape index (κ2) is 4.97. The zero-order chi connectivity index (χ0) is 9.84. The topological polar surface area (TPSA) is 45.1 Å². The summed E-state index contributed by atoms with van der Waals surface area (Å²) >= 11 is 7.94. The first-order chi connectivity index (χ1) is 6.13. The highest BCUT2D eigenvalue weighted by molar-refractivity contribution is 14.1. The molecule has 0 saturated heterocycles. The number of aromatic nitrogens is 1. The lowest BCUT2D eigenvalue weighted by atomic mass is 10.3. The molecule has 0 aliphatic carbocycles. The van der Waals surface area contributed by atoms with Gasteiger partial charge in [-0.15, -0.1) is 0 Å². The minimum atomic E-state index is 0.00414. The molecular formula is C8H10ClIN2O. The van der Waals surface area contributed by atoms with Crippen LogP contribution in [0.15, 0.2) is 12.3 Å². The van der Waals surface area contributed by atoms with Crippen molar-refractivity contribution in [3.8, 4) is 0 Å². The zero-order valence-corrected chi connectivity index (χ0v) is 10.0. The number of halogens is 2. The third-order valence-electron chi connectivity index (χ3n) is 1.48. The third kappa shape index (κ3) is 3.28. The van der Waals surface area contributed by atoms with Crippen LogP contribution in [0.5, 0.6) is 0 Å². The van der Waals surface area contributed by atoms with Crippen LogP contribution < -0.4 is 5.32 Å². The number of aliphatic hydroxyl groups is 1. The third-order valence-corrected chi connectivity index (χ3v) is 2.99. The van der Waals surface area contributed by atoms with E-state index in [2.05, 4.69) is 32.9 Å². The van der Waals surface area contributed by atoms with Crippen molar-refractivity contribution in [1.82, 2.24) is 4.98 Å². The summed E-state index contributed by atoms with van der Waals surface area (Å²) in [6.45, 7) is 1.96. The van der Waals surface area contributed by atoms with Gasteiger partial charge in [0.25, 0.3) is 0 Å². The monoisotopic (exact) mass is 312 g/mol. The standard InChI is InChI=1S/C8H10ClIN2O/c1-5(4-13)12-8-2-7(10)6(9)3-11-8/h2-3,5,13H,4H2,1H3,(H,11,12). The minimum absolute atomic E-state index is 0.00414. The van der Waals surface area contributed by atoms with Crippen LogP contribution in [0.1, 0.15) is 6.92 Å². The number of rotatable bonds is 3. The molecule has 2 N–H and O–H groups in total. The van der Waals surface area contributed by atoms with Crippen molar-refractivity contribution in [2.45, 2.75) is 13.0 Å². The number of pyridine rings is 1. The molecule has 1 rings (SSSR count). The molecule has 0 fully saturated rings. The zero-order valence-electron chi connectivity index (χ0n) is 7.09. The normalized spacial score (nSPS) is 12.6. The van der Waals surface area contributed by atoms with Crippen LogP contribution in [-0.4, -0.2) is 22.7 Å². The Morgan fingerprint density at radius 3 is 3.00 bits per heavy atom. The molecule has 0 aliphatic rings. The lowest BCUT2D eigenvalue weighted by Gasteiger charge is -2.11. The predicted molar refractivity (Wildman–Crippen MR) is 62.1 cm³/mol. The van der Waals surface area contributed by atoms with Crippen molar-refractivity contribution in [1.29, 1.82) is 0 Å². The molecule has 1 aromatic heterocycles. The summed E-state index contributed by atoms with van der Waals surface area (Å²) < 4.78 is 0.946. The molecule has 0 spiro atoms.